The molecule has 0 heterocycles. The molecular formula is C13H21NOS. The van der Waals surface area contributed by atoms with E-state index in [9.17, 15) is 0 Å². The molecule has 0 radical (unpaired) electrons. The third-order valence-electron chi connectivity index (χ3n) is 2.70. The number of thioether (sulfide) groups is 1. The molecule has 0 saturated heterocycles. The topological polar surface area (TPSA) is 23.5 Å². The van der Waals surface area contributed by atoms with Crippen LogP contribution in [0.5, 0.6) is 0 Å². The first kappa shape index (κ1) is 13.6. The summed E-state index contributed by atoms with van der Waals surface area (Å²) >= 11 is 1.87. The Morgan fingerprint density at radius 1 is 1.19 bits per heavy atom. The van der Waals surface area contributed by atoms with Crippen LogP contribution < -0.4 is 0 Å². The van der Waals surface area contributed by atoms with E-state index >= 15 is 0 Å². The molecule has 0 aromatic heterocycles. The number of rotatable bonds is 6. The van der Waals surface area contributed by atoms with Crippen molar-refractivity contribution in [1.82, 2.24) is 4.90 Å². The van der Waals surface area contributed by atoms with E-state index in [1.165, 1.54) is 16.0 Å². The van der Waals surface area contributed by atoms with Crippen LogP contribution in [0.25, 0.3) is 0 Å². The molecule has 0 amide bonds. The van der Waals surface area contributed by atoms with Gasteiger partial charge < -0.3 is 10.0 Å². The standard InChI is InChI=1S/C13H21NOS/c1-11-4-5-13(10-12(11)2)16-9-7-14(3)6-8-15/h4-5,10,15H,6-9H2,1-3H3. The number of aliphatic hydroxyl groups is 1. The number of nitrogens with zero attached hydrogens (tertiary/aromatic N) is 1. The normalized spacial score (nSPS) is 11.1. The van der Waals surface area contributed by atoms with Gasteiger partial charge in [-0.15, -0.1) is 11.8 Å². The van der Waals surface area contributed by atoms with E-state index in [1.807, 2.05) is 18.8 Å². The van der Waals surface area contributed by atoms with Gasteiger partial charge in [0, 0.05) is 23.7 Å². The average Bonchev–Trinajstić information content (AvgIpc) is 2.24. The maximum atomic E-state index is 8.77. The quantitative estimate of drug-likeness (QED) is 0.771. The highest BCUT2D eigenvalue weighted by Gasteiger charge is 2.00. The van der Waals surface area contributed by atoms with E-state index in [0.29, 0.717) is 0 Å². The van der Waals surface area contributed by atoms with Gasteiger partial charge in [-0.25, -0.2) is 0 Å². The number of likely N-dealkylation sites (N-methyl/N-ethyl adjacent to an activating group) is 1. The molecule has 0 aliphatic rings. The fraction of sp³-hybridized carbons (Fsp3) is 0.538. The molecule has 90 valence electrons. The van der Waals surface area contributed by atoms with Gasteiger partial charge in [0.05, 0.1) is 6.61 Å². The van der Waals surface area contributed by atoms with E-state index in [-0.39, 0.29) is 6.61 Å². The summed E-state index contributed by atoms with van der Waals surface area (Å²) < 4.78 is 0. The van der Waals surface area contributed by atoms with E-state index in [0.717, 1.165) is 18.8 Å². The lowest BCUT2D eigenvalue weighted by Gasteiger charge is -2.14. The van der Waals surface area contributed by atoms with Gasteiger partial charge in [-0.1, -0.05) is 6.07 Å². The number of hydrogen-bond acceptors (Lipinski definition) is 3. The van der Waals surface area contributed by atoms with E-state index in [2.05, 4.69) is 36.9 Å². The van der Waals surface area contributed by atoms with Crippen LogP contribution >= 0.6 is 11.8 Å². The lowest BCUT2D eigenvalue weighted by atomic mass is 10.1. The van der Waals surface area contributed by atoms with Crippen LogP contribution in [0.15, 0.2) is 23.1 Å². The third kappa shape index (κ3) is 4.56. The summed E-state index contributed by atoms with van der Waals surface area (Å²) in [7, 11) is 2.04. The van der Waals surface area contributed by atoms with E-state index in [4.69, 9.17) is 5.11 Å². The molecule has 0 aliphatic heterocycles. The largest absolute Gasteiger partial charge is 0.395 e. The first-order valence-corrected chi connectivity index (χ1v) is 6.61. The number of aryl methyl sites for hydroxylation is 2. The van der Waals surface area contributed by atoms with Crippen molar-refractivity contribution in [3.05, 3.63) is 29.3 Å². The summed E-state index contributed by atoms with van der Waals surface area (Å²) in [5.41, 5.74) is 2.70. The molecule has 1 rings (SSSR count). The SMILES string of the molecule is Cc1ccc(SCCN(C)CCO)cc1C. The van der Waals surface area contributed by atoms with Crippen molar-refractivity contribution in [3.63, 3.8) is 0 Å². The van der Waals surface area contributed by atoms with Gasteiger partial charge in [-0.3, -0.25) is 0 Å². The summed E-state index contributed by atoms with van der Waals surface area (Å²) in [6, 6.07) is 6.60. The highest BCUT2D eigenvalue weighted by atomic mass is 32.2. The van der Waals surface area contributed by atoms with Crippen molar-refractivity contribution in [2.75, 3.05) is 32.5 Å². The van der Waals surface area contributed by atoms with Gasteiger partial charge in [-0.05, 0) is 44.2 Å². The van der Waals surface area contributed by atoms with Crippen molar-refractivity contribution >= 4 is 11.8 Å². The Morgan fingerprint density at radius 2 is 1.94 bits per heavy atom. The molecular weight excluding hydrogens is 218 g/mol. The lowest BCUT2D eigenvalue weighted by Crippen LogP contribution is -2.24. The van der Waals surface area contributed by atoms with Crippen molar-refractivity contribution < 1.29 is 5.11 Å². The summed E-state index contributed by atoms with van der Waals surface area (Å²) in [5.74, 6) is 1.07. The molecule has 0 atom stereocenters. The molecule has 0 spiro atoms. The van der Waals surface area contributed by atoms with Crippen molar-refractivity contribution in [3.8, 4) is 0 Å². The second kappa shape index (κ2) is 6.94. The molecule has 0 unspecified atom stereocenters. The van der Waals surface area contributed by atoms with Crippen LogP contribution in [-0.2, 0) is 0 Å². The second-order valence-electron chi connectivity index (χ2n) is 4.12. The minimum atomic E-state index is 0.241. The van der Waals surface area contributed by atoms with Crippen LogP contribution in [0.2, 0.25) is 0 Å². The van der Waals surface area contributed by atoms with Crippen LogP contribution in [0, 0.1) is 13.8 Å². The molecule has 0 bridgehead atoms. The minimum Gasteiger partial charge on any atom is -0.395 e. The predicted octanol–water partition coefficient (Wildman–Crippen LogP) is 2.32. The van der Waals surface area contributed by atoms with E-state index < -0.39 is 0 Å². The highest BCUT2D eigenvalue weighted by molar-refractivity contribution is 7.99. The monoisotopic (exact) mass is 239 g/mol. The Morgan fingerprint density at radius 3 is 2.56 bits per heavy atom. The van der Waals surface area contributed by atoms with Crippen molar-refractivity contribution in [2.24, 2.45) is 0 Å². The van der Waals surface area contributed by atoms with Crippen molar-refractivity contribution in [2.45, 2.75) is 18.7 Å². The highest BCUT2D eigenvalue weighted by Crippen LogP contribution is 2.20. The lowest BCUT2D eigenvalue weighted by molar-refractivity contribution is 0.228. The Bertz CT molecular complexity index is 328. The zero-order valence-electron chi connectivity index (χ0n) is 10.4. The first-order valence-electron chi connectivity index (χ1n) is 5.63. The minimum absolute atomic E-state index is 0.241. The average molecular weight is 239 g/mol. The van der Waals surface area contributed by atoms with Crippen LogP contribution in [0.1, 0.15) is 11.1 Å². The Kier molecular flexibility index (Phi) is 5.88. The smallest absolute Gasteiger partial charge is 0.0558 e. The Hall–Kier alpha value is -0.510. The van der Waals surface area contributed by atoms with Gasteiger partial charge in [0.2, 0.25) is 0 Å². The van der Waals surface area contributed by atoms with Crippen molar-refractivity contribution in [1.29, 1.82) is 0 Å². The summed E-state index contributed by atoms with van der Waals surface area (Å²) in [6.45, 7) is 6.30. The van der Waals surface area contributed by atoms with Crippen LogP contribution in [0.4, 0.5) is 0 Å². The van der Waals surface area contributed by atoms with Crippen LogP contribution in [-0.4, -0.2) is 42.5 Å². The Labute approximate surface area is 103 Å². The molecule has 1 aromatic rings. The summed E-state index contributed by atoms with van der Waals surface area (Å²) in [5, 5.41) is 8.77. The number of hydrogen-bond donors (Lipinski definition) is 1. The maximum Gasteiger partial charge on any atom is 0.0558 e. The molecule has 0 aliphatic carbocycles. The second-order valence-corrected chi connectivity index (χ2v) is 5.29. The molecule has 3 heteroatoms. The third-order valence-corrected chi connectivity index (χ3v) is 3.68. The zero-order valence-corrected chi connectivity index (χ0v) is 11.2. The summed E-state index contributed by atoms with van der Waals surface area (Å²) in [6.07, 6.45) is 0. The van der Waals surface area contributed by atoms with Gasteiger partial charge in [0.1, 0.15) is 0 Å². The fourth-order valence-electron chi connectivity index (χ4n) is 1.41. The Balaban J connectivity index is 2.34. The van der Waals surface area contributed by atoms with Gasteiger partial charge >= 0.3 is 0 Å². The van der Waals surface area contributed by atoms with Gasteiger partial charge in [0.15, 0.2) is 0 Å². The molecule has 2 nitrogen and oxygen atoms in total. The zero-order chi connectivity index (χ0) is 12.0. The predicted molar refractivity (Wildman–Crippen MR) is 71.2 cm³/mol. The van der Waals surface area contributed by atoms with Gasteiger partial charge in [-0.2, -0.15) is 0 Å². The molecule has 0 fully saturated rings. The van der Waals surface area contributed by atoms with Crippen LogP contribution in [0.3, 0.4) is 0 Å². The molecule has 0 saturated carbocycles. The molecule has 1 aromatic carbocycles. The first-order chi connectivity index (χ1) is 7.63. The van der Waals surface area contributed by atoms with E-state index in [1.54, 1.807) is 0 Å². The number of aliphatic hydroxyl groups excluding tert-OH is 1. The summed E-state index contributed by atoms with van der Waals surface area (Å²) in [4.78, 5) is 3.48. The molecule has 1 N–H and O–H groups in total. The van der Waals surface area contributed by atoms with Gasteiger partial charge in [0.25, 0.3) is 0 Å². The maximum absolute atomic E-state index is 8.77. The number of benzene rings is 1. The molecule has 16 heavy (non-hydrogen) atoms. The fourth-order valence-corrected chi connectivity index (χ4v) is 2.47.